The zero-order valence-corrected chi connectivity index (χ0v) is 9.04. The Labute approximate surface area is 97.7 Å². The summed E-state index contributed by atoms with van der Waals surface area (Å²) in [7, 11) is 0. The zero-order chi connectivity index (χ0) is 11.8. The highest BCUT2D eigenvalue weighted by atomic mass is 15.3. The van der Waals surface area contributed by atoms with E-state index in [1.165, 1.54) is 0 Å². The van der Waals surface area contributed by atoms with Crippen molar-refractivity contribution in [1.82, 2.24) is 14.6 Å². The van der Waals surface area contributed by atoms with Gasteiger partial charge in [0, 0.05) is 12.4 Å². The Bertz CT molecular complexity index is 672. The molecule has 0 fully saturated rings. The monoisotopic (exact) mass is 225 g/mol. The van der Waals surface area contributed by atoms with Crippen molar-refractivity contribution in [2.24, 2.45) is 0 Å². The number of anilines is 2. The summed E-state index contributed by atoms with van der Waals surface area (Å²) in [5, 5.41) is 4.22. The van der Waals surface area contributed by atoms with Crippen LogP contribution in [-0.4, -0.2) is 14.6 Å². The first-order valence-corrected chi connectivity index (χ1v) is 5.21. The topological polar surface area (TPSA) is 82.2 Å². The molecule has 0 amide bonds. The highest BCUT2D eigenvalue weighted by Gasteiger charge is 2.13. The Kier molecular flexibility index (Phi) is 1.98. The molecule has 0 saturated carbocycles. The van der Waals surface area contributed by atoms with Crippen molar-refractivity contribution < 1.29 is 0 Å². The van der Waals surface area contributed by atoms with Crippen LogP contribution in [0.1, 0.15) is 0 Å². The van der Waals surface area contributed by atoms with Gasteiger partial charge in [0.2, 0.25) is 0 Å². The number of imidazole rings is 1. The van der Waals surface area contributed by atoms with Crippen molar-refractivity contribution in [3.05, 3.63) is 42.7 Å². The van der Waals surface area contributed by atoms with Gasteiger partial charge < -0.3 is 11.5 Å². The van der Waals surface area contributed by atoms with Gasteiger partial charge in [-0.15, -0.1) is 5.10 Å². The minimum absolute atomic E-state index is 0.402. The number of benzene rings is 1. The van der Waals surface area contributed by atoms with Crippen molar-refractivity contribution >= 4 is 17.2 Å². The smallest absolute Gasteiger partial charge is 0.177 e. The van der Waals surface area contributed by atoms with Crippen LogP contribution in [0.4, 0.5) is 11.5 Å². The summed E-state index contributed by atoms with van der Waals surface area (Å²) in [6.07, 6.45) is 3.36. The van der Waals surface area contributed by atoms with Crippen LogP contribution < -0.4 is 11.5 Å². The molecule has 4 N–H and O–H groups in total. The van der Waals surface area contributed by atoms with E-state index in [4.69, 9.17) is 11.5 Å². The van der Waals surface area contributed by atoms with Crippen LogP contribution in [-0.2, 0) is 0 Å². The summed E-state index contributed by atoms with van der Waals surface area (Å²) in [6.45, 7) is 0. The van der Waals surface area contributed by atoms with Crippen LogP contribution in [0.5, 0.6) is 0 Å². The highest BCUT2D eigenvalue weighted by Crippen LogP contribution is 2.32. The molecule has 5 nitrogen and oxygen atoms in total. The summed E-state index contributed by atoms with van der Waals surface area (Å²) in [6, 6.07) is 9.71. The van der Waals surface area contributed by atoms with Gasteiger partial charge >= 0.3 is 0 Å². The average molecular weight is 225 g/mol. The second-order valence-corrected chi connectivity index (χ2v) is 3.74. The van der Waals surface area contributed by atoms with Crippen LogP contribution in [0.25, 0.3) is 16.8 Å². The molecule has 5 heteroatoms. The molecule has 3 rings (SSSR count). The molecule has 3 aromatic rings. The first kappa shape index (κ1) is 9.65. The van der Waals surface area contributed by atoms with E-state index in [1.807, 2.05) is 30.3 Å². The predicted octanol–water partition coefficient (Wildman–Crippen LogP) is 1.56. The fraction of sp³-hybridized carbons (Fsp3) is 0. The molecule has 0 aliphatic rings. The molecule has 0 unspecified atom stereocenters. The van der Waals surface area contributed by atoms with Crippen molar-refractivity contribution in [2.75, 3.05) is 11.5 Å². The van der Waals surface area contributed by atoms with Crippen LogP contribution >= 0.6 is 0 Å². The van der Waals surface area contributed by atoms with Gasteiger partial charge in [0.15, 0.2) is 11.5 Å². The molecule has 0 radical (unpaired) electrons. The van der Waals surface area contributed by atoms with Crippen LogP contribution in [0.2, 0.25) is 0 Å². The van der Waals surface area contributed by atoms with Crippen molar-refractivity contribution in [2.45, 2.75) is 0 Å². The second-order valence-electron chi connectivity index (χ2n) is 3.74. The second kappa shape index (κ2) is 3.48. The van der Waals surface area contributed by atoms with Gasteiger partial charge in [0.1, 0.15) is 0 Å². The minimum Gasteiger partial charge on any atom is -0.395 e. The number of aromatic nitrogens is 3. The number of nitrogens with two attached hydrogens (primary N) is 2. The molecule has 0 aliphatic carbocycles. The molecular formula is C12H11N5. The number of hydrogen-bond donors (Lipinski definition) is 2. The average Bonchev–Trinajstić information content (AvgIpc) is 2.78. The molecule has 84 valence electrons. The number of nitrogen functional groups attached to an aromatic ring is 2. The maximum absolute atomic E-state index is 6.09. The van der Waals surface area contributed by atoms with E-state index in [1.54, 1.807) is 16.9 Å². The van der Waals surface area contributed by atoms with Gasteiger partial charge in [-0.05, 0) is 5.56 Å². The Morgan fingerprint density at radius 1 is 1.06 bits per heavy atom. The van der Waals surface area contributed by atoms with Gasteiger partial charge in [0.05, 0.1) is 11.3 Å². The third-order valence-corrected chi connectivity index (χ3v) is 2.67. The molecule has 2 aromatic heterocycles. The Morgan fingerprint density at radius 2 is 1.82 bits per heavy atom. The fourth-order valence-electron chi connectivity index (χ4n) is 1.89. The molecule has 0 bridgehead atoms. The fourth-order valence-corrected chi connectivity index (χ4v) is 1.89. The standard InChI is InChI=1S/C12H11N5/c13-10-9(8-4-2-1-3-5-8)11(14)16-17-7-6-15-12(10)17/h1-7H,13H2,(H2,14,16). The van der Waals surface area contributed by atoms with Crippen molar-refractivity contribution in [3.8, 4) is 11.1 Å². The molecule has 0 spiro atoms. The Morgan fingerprint density at radius 3 is 2.59 bits per heavy atom. The SMILES string of the molecule is Nc1nn2ccnc2c(N)c1-c1ccccc1. The molecule has 17 heavy (non-hydrogen) atoms. The molecule has 2 heterocycles. The van der Waals surface area contributed by atoms with E-state index in [2.05, 4.69) is 10.1 Å². The Hall–Kier alpha value is -2.56. The van der Waals surface area contributed by atoms with E-state index in [0.29, 0.717) is 17.2 Å². The van der Waals surface area contributed by atoms with E-state index >= 15 is 0 Å². The highest BCUT2D eigenvalue weighted by molar-refractivity contribution is 5.90. The van der Waals surface area contributed by atoms with Gasteiger partial charge in [0.25, 0.3) is 0 Å². The summed E-state index contributed by atoms with van der Waals surface area (Å²) >= 11 is 0. The number of rotatable bonds is 1. The normalized spacial score (nSPS) is 10.8. The molecular weight excluding hydrogens is 214 g/mol. The van der Waals surface area contributed by atoms with E-state index in [0.717, 1.165) is 11.1 Å². The summed E-state index contributed by atoms with van der Waals surface area (Å²) < 4.78 is 1.58. The number of fused-ring (bicyclic) bond motifs is 1. The van der Waals surface area contributed by atoms with Gasteiger partial charge in [-0.3, -0.25) is 0 Å². The van der Waals surface area contributed by atoms with E-state index in [-0.39, 0.29) is 0 Å². The van der Waals surface area contributed by atoms with Gasteiger partial charge in [-0.25, -0.2) is 9.50 Å². The lowest BCUT2D eigenvalue weighted by molar-refractivity contribution is 0.949. The first-order valence-electron chi connectivity index (χ1n) is 5.21. The zero-order valence-electron chi connectivity index (χ0n) is 9.04. The van der Waals surface area contributed by atoms with Crippen LogP contribution in [0.15, 0.2) is 42.7 Å². The third kappa shape index (κ3) is 1.40. The lowest BCUT2D eigenvalue weighted by Gasteiger charge is -2.09. The quantitative estimate of drug-likeness (QED) is 0.658. The van der Waals surface area contributed by atoms with Gasteiger partial charge in [-0.2, -0.15) is 0 Å². The molecule has 0 aliphatic heterocycles. The van der Waals surface area contributed by atoms with Crippen molar-refractivity contribution in [1.29, 1.82) is 0 Å². The molecule has 0 atom stereocenters. The van der Waals surface area contributed by atoms with E-state index in [9.17, 15) is 0 Å². The maximum atomic E-state index is 6.09. The minimum atomic E-state index is 0.402. The van der Waals surface area contributed by atoms with E-state index < -0.39 is 0 Å². The van der Waals surface area contributed by atoms with Crippen LogP contribution in [0, 0.1) is 0 Å². The Balaban J connectivity index is 2.36. The lowest BCUT2D eigenvalue weighted by atomic mass is 10.1. The van der Waals surface area contributed by atoms with Gasteiger partial charge in [-0.1, -0.05) is 30.3 Å². The maximum Gasteiger partial charge on any atom is 0.177 e. The third-order valence-electron chi connectivity index (χ3n) is 2.67. The summed E-state index contributed by atoms with van der Waals surface area (Å²) in [5.41, 5.74) is 14.9. The predicted molar refractivity (Wildman–Crippen MR) is 67.2 cm³/mol. The largest absolute Gasteiger partial charge is 0.395 e. The number of nitrogens with zero attached hydrogens (tertiary/aromatic N) is 3. The molecule has 0 saturated heterocycles. The number of hydrogen-bond acceptors (Lipinski definition) is 4. The van der Waals surface area contributed by atoms with Crippen molar-refractivity contribution in [3.63, 3.8) is 0 Å². The summed E-state index contributed by atoms with van der Waals surface area (Å²) in [5.74, 6) is 0.402. The summed E-state index contributed by atoms with van der Waals surface area (Å²) in [4.78, 5) is 4.17. The molecule has 1 aromatic carbocycles. The van der Waals surface area contributed by atoms with Crippen LogP contribution in [0.3, 0.4) is 0 Å². The first-order chi connectivity index (χ1) is 8.27. The lowest BCUT2D eigenvalue weighted by Crippen LogP contribution is -2.05.